The fourth-order valence-electron chi connectivity index (χ4n) is 1.49. The first-order valence-electron chi connectivity index (χ1n) is 5.22. The molecule has 98 valence electrons. The fourth-order valence-corrected chi connectivity index (χ4v) is 2.56. The lowest BCUT2D eigenvalue weighted by Gasteiger charge is -2.09. The molecule has 1 aromatic heterocycles. The lowest BCUT2D eigenvalue weighted by atomic mass is 10.2. The summed E-state index contributed by atoms with van der Waals surface area (Å²) in [5, 5.41) is 10.9. The third-order valence-corrected chi connectivity index (χ3v) is 3.43. The summed E-state index contributed by atoms with van der Waals surface area (Å²) < 4.78 is 7.07. The predicted octanol–water partition coefficient (Wildman–Crippen LogP) is 4.62. The van der Waals surface area contributed by atoms with Crippen molar-refractivity contribution in [3.8, 4) is 11.6 Å². The summed E-state index contributed by atoms with van der Waals surface area (Å²) in [6.45, 7) is 1.64. The molecule has 1 heterocycles. The first-order chi connectivity index (χ1) is 8.99. The second-order valence-electron chi connectivity index (χ2n) is 3.70. The van der Waals surface area contributed by atoms with Gasteiger partial charge in [-0.3, -0.25) is 10.1 Å². The molecular weight excluding hydrogens is 380 g/mol. The summed E-state index contributed by atoms with van der Waals surface area (Å²) in [5.41, 5.74) is 0.481. The lowest BCUT2D eigenvalue weighted by Crippen LogP contribution is -1.96. The summed E-state index contributed by atoms with van der Waals surface area (Å²) >= 11 is 6.61. The van der Waals surface area contributed by atoms with Crippen LogP contribution in [-0.2, 0) is 0 Å². The number of nitrogens with zero attached hydrogens (tertiary/aromatic N) is 2. The molecule has 0 aliphatic carbocycles. The molecule has 0 saturated heterocycles. The SMILES string of the molecule is Cc1c(Oc2ncc(Br)cc2Br)cccc1[N+](=O)[O-]. The molecule has 0 radical (unpaired) electrons. The van der Waals surface area contributed by atoms with Crippen LogP contribution >= 0.6 is 31.9 Å². The summed E-state index contributed by atoms with van der Waals surface area (Å²) in [5.74, 6) is 0.761. The van der Waals surface area contributed by atoms with Gasteiger partial charge in [0.05, 0.1) is 15.0 Å². The highest BCUT2D eigenvalue weighted by Crippen LogP contribution is 2.33. The first-order valence-corrected chi connectivity index (χ1v) is 6.80. The van der Waals surface area contributed by atoms with E-state index in [4.69, 9.17) is 4.74 Å². The van der Waals surface area contributed by atoms with Gasteiger partial charge in [-0.2, -0.15) is 0 Å². The standard InChI is InChI=1S/C12H8Br2N2O3/c1-7-10(16(17)18)3-2-4-11(7)19-12-9(14)5-8(13)6-15-12/h2-6H,1H3. The Morgan fingerprint density at radius 3 is 2.74 bits per heavy atom. The van der Waals surface area contributed by atoms with E-state index < -0.39 is 4.92 Å². The van der Waals surface area contributed by atoms with Gasteiger partial charge in [0, 0.05) is 16.7 Å². The Morgan fingerprint density at radius 2 is 2.11 bits per heavy atom. The largest absolute Gasteiger partial charge is 0.437 e. The number of halogens is 2. The van der Waals surface area contributed by atoms with Crippen LogP contribution in [0.2, 0.25) is 0 Å². The van der Waals surface area contributed by atoms with Gasteiger partial charge in [-0.1, -0.05) is 6.07 Å². The van der Waals surface area contributed by atoms with Crippen LogP contribution < -0.4 is 4.74 Å². The van der Waals surface area contributed by atoms with E-state index in [9.17, 15) is 10.1 Å². The van der Waals surface area contributed by atoms with E-state index in [2.05, 4.69) is 36.8 Å². The van der Waals surface area contributed by atoms with Crippen LogP contribution in [0.3, 0.4) is 0 Å². The van der Waals surface area contributed by atoms with Crippen LogP contribution in [0, 0.1) is 17.0 Å². The van der Waals surface area contributed by atoms with Gasteiger partial charge < -0.3 is 4.74 Å². The van der Waals surface area contributed by atoms with Gasteiger partial charge in [0.25, 0.3) is 5.69 Å². The van der Waals surface area contributed by atoms with Gasteiger partial charge in [0.1, 0.15) is 5.75 Å². The number of nitro benzene ring substituents is 1. The maximum absolute atomic E-state index is 10.9. The Hall–Kier alpha value is -1.47. The maximum atomic E-state index is 10.9. The zero-order valence-electron chi connectivity index (χ0n) is 9.76. The predicted molar refractivity (Wildman–Crippen MR) is 77.5 cm³/mol. The Bertz CT molecular complexity index is 647. The van der Waals surface area contributed by atoms with Gasteiger partial charge in [-0.15, -0.1) is 0 Å². The highest BCUT2D eigenvalue weighted by atomic mass is 79.9. The molecule has 0 unspecified atom stereocenters. The lowest BCUT2D eigenvalue weighted by molar-refractivity contribution is -0.385. The Labute approximate surface area is 126 Å². The highest BCUT2D eigenvalue weighted by Gasteiger charge is 2.15. The normalized spacial score (nSPS) is 10.3. The number of hydrogen-bond donors (Lipinski definition) is 0. The van der Waals surface area contributed by atoms with E-state index in [1.807, 2.05) is 0 Å². The summed E-state index contributed by atoms with van der Waals surface area (Å²) in [6.07, 6.45) is 1.59. The van der Waals surface area contributed by atoms with E-state index >= 15 is 0 Å². The number of benzene rings is 1. The number of ether oxygens (including phenoxy) is 1. The molecule has 2 aromatic rings. The number of hydrogen-bond acceptors (Lipinski definition) is 4. The van der Waals surface area contributed by atoms with Crippen LogP contribution in [0.1, 0.15) is 5.56 Å². The average Bonchev–Trinajstić information content (AvgIpc) is 2.34. The number of aromatic nitrogens is 1. The smallest absolute Gasteiger partial charge is 0.276 e. The van der Waals surface area contributed by atoms with Crippen LogP contribution in [0.5, 0.6) is 11.6 Å². The Balaban J connectivity index is 2.38. The minimum absolute atomic E-state index is 0.0192. The quantitative estimate of drug-likeness (QED) is 0.569. The van der Waals surface area contributed by atoms with Crippen molar-refractivity contribution in [2.24, 2.45) is 0 Å². The van der Waals surface area contributed by atoms with Crippen molar-refractivity contribution in [1.29, 1.82) is 0 Å². The van der Waals surface area contributed by atoms with Gasteiger partial charge in [-0.05, 0) is 50.9 Å². The number of rotatable bonds is 3. The van der Waals surface area contributed by atoms with Gasteiger partial charge >= 0.3 is 0 Å². The van der Waals surface area contributed by atoms with Gasteiger partial charge in [-0.25, -0.2) is 4.98 Å². The molecule has 0 spiro atoms. The fraction of sp³-hybridized carbons (Fsp3) is 0.0833. The van der Waals surface area contributed by atoms with Crippen LogP contribution in [0.15, 0.2) is 39.4 Å². The molecule has 0 amide bonds. The van der Waals surface area contributed by atoms with Gasteiger partial charge in [0.2, 0.25) is 5.88 Å². The number of nitro groups is 1. The Morgan fingerprint density at radius 1 is 1.37 bits per heavy atom. The maximum Gasteiger partial charge on any atom is 0.276 e. The molecule has 0 saturated carbocycles. The van der Waals surface area contributed by atoms with E-state index in [0.717, 1.165) is 4.47 Å². The van der Waals surface area contributed by atoms with Crippen molar-refractivity contribution < 1.29 is 9.66 Å². The molecule has 7 heteroatoms. The third-order valence-electron chi connectivity index (χ3n) is 2.43. The molecule has 0 bridgehead atoms. The molecule has 2 rings (SSSR count). The van der Waals surface area contributed by atoms with Crippen molar-refractivity contribution in [3.63, 3.8) is 0 Å². The summed E-state index contributed by atoms with van der Waals surface area (Å²) in [7, 11) is 0. The van der Waals surface area contributed by atoms with Crippen molar-refractivity contribution in [2.75, 3.05) is 0 Å². The molecule has 0 aliphatic heterocycles. The molecule has 0 fully saturated rings. The van der Waals surface area contributed by atoms with E-state index in [-0.39, 0.29) is 5.69 Å². The number of pyridine rings is 1. The first kappa shape index (κ1) is 14.0. The zero-order valence-corrected chi connectivity index (χ0v) is 12.9. The van der Waals surface area contributed by atoms with E-state index in [1.54, 1.807) is 31.3 Å². The molecule has 1 aromatic carbocycles. The molecule has 5 nitrogen and oxygen atoms in total. The topological polar surface area (TPSA) is 65.3 Å². The second kappa shape index (κ2) is 5.66. The average molecular weight is 388 g/mol. The summed E-state index contributed by atoms with van der Waals surface area (Å²) in [6, 6.07) is 6.47. The highest BCUT2D eigenvalue weighted by molar-refractivity contribution is 9.11. The third kappa shape index (κ3) is 3.10. The molecule has 0 N–H and O–H groups in total. The van der Waals surface area contributed by atoms with E-state index in [1.165, 1.54) is 6.07 Å². The molecule has 0 atom stereocenters. The van der Waals surface area contributed by atoms with Crippen molar-refractivity contribution >= 4 is 37.5 Å². The minimum Gasteiger partial charge on any atom is -0.437 e. The van der Waals surface area contributed by atoms with Crippen molar-refractivity contribution in [2.45, 2.75) is 6.92 Å². The molecular formula is C12H8Br2N2O3. The summed E-state index contributed by atoms with van der Waals surface area (Å²) in [4.78, 5) is 14.5. The van der Waals surface area contributed by atoms with Crippen molar-refractivity contribution in [3.05, 3.63) is 55.1 Å². The molecule has 19 heavy (non-hydrogen) atoms. The molecule has 0 aliphatic rings. The van der Waals surface area contributed by atoms with Crippen LogP contribution in [0.4, 0.5) is 5.69 Å². The Kier molecular flexibility index (Phi) is 4.16. The zero-order chi connectivity index (χ0) is 14.0. The van der Waals surface area contributed by atoms with Gasteiger partial charge in [0.15, 0.2) is 0 Å². The monoisotopic (exact) mass is 386 g/mol. The second-order valence-corrected chi connectivity index (χ2v) is 5.47. The minimum atomic E-state index is -0.438. The van der Waals surface area contributed by atoms with Crippen LogP contribution in [0.25, 0.3) is 0 Å². The van der Waals surface area contributed by atoms with E-state index in [0.29, 0.717) is 21.7 Å². The van der Waals surface area contributed by atoms with Crippen molar-refractivity contribution in [1.82, 2.24) is 4.98 Å². The van der Waals surface area contributed by atoms with Crippen LogP contribution in [-0.4, -0.2) is 9.91 Å².